The Morgan fingerprint density at radius 1 is 0.556 bits per heavy atom. The van der Waals surface area contributed by atoms with Crippen LogP contribution in [0.4, 0.5) is 0 Å². The maximum Gasteiger partial charge on any atom is 0.494 e. The second-order valence-corrected chi connectivity index (χ2v) is 10.9. The van der Waals surface area contributed by atoms with Gasteiger partial charge in [0.15, 0.2) is 0 Å². The normalized spacial score (nSPS) is 17.1. The van der Waals surface area contributed by atoms with Gasteiger partial charge in [0.2, 0.25) is 0 Å². The number of rotatable bonds is 2. The van der Waals surface area contributed by atoms with E-state index in [1.807, 2.05) is 0 Å². The Labute approximate surface area is 211 Å². The fraction of sp³-hybridized carbons (Fsp3) is 0.188. The van der Waals surface area contributed by atoms with Crippen molar-refractivity contribution >= 4 is 55.9 Å². The molecule has 5 aromatic carbocycles. The van der Waals surface area contributed by atoms with Gasteiger partial charge in [-0.3, -0.25) is 0 Å². The molecule has 4 heteroatoms. The highest BCUT2D eigenvalue weighted by Crippen LogP contribution is 2.38. The first kappa shape index (κ1) is 21.7. The summed E-state index contributed by atoms with van der Waals surface area (Å²) in [5.41, 5.74) is 3.85. The highest BCUT2D eigenvalue weighted by atomic mass is 16.7. The monoisotopic (exact) mass is 469 g/mol. The molecule has 0 saturated carbocycles. The van der Waals surface area contributed by atoms with Gasteiger partial charge < -0.3 is 13.9 Å². The van der Waals surface area contributed by atoms with Gasteiger partial charge in [0.1, 0.15) is 0 Å². The first-order valence-corrected chi connectivity index (χ1v) is 12.6. The summed E-state index contributed by atoms with van der Waals surface area (Å²) in [6, 6.07) is 35.1. The summed E-state index contributed by atoms with van der Waals surface area (Å²) >= 11 is 0. The standard InChI is InChI=1S/C32H28BNO2/c1-31(2)32(3,4)36-33(35-31)23-16-18-30-28(19-23)26-11-7-8-12-29(26)34(30)24-17-15-22-14-13-21-9-5-6-10-25(21)27(22)20-24/h5-20H,1-4H3. The average Bonchev–Trinajstić information content (AvgIpc) is 3.32. The van der Waals surface area contributed by atoms with E-state index in [9.17, 15) is 0 Å². The van der Waals surface area contributed by atoms with Crippen molar-refractivity contribution in [3.05, 3.63) is 97.1 Å². The number of hydrogen-bond acceptors (Lipinski definition) is 2. The molecule has 0 bridgehead atoms. The minimum Gasteiger partial charge on any atom is -0.399 e. The van der Waals surface area contributed by atoms with Crippen molar-refractivity contribution in [3.63, 3.8) is 0 Å². The average molecular weight is 469 g/mol. The lowest BCUT2D eigenvalue weighted by Gasteiger charge is -2.32. The van der Waals surface area contributed by atoms with E-state index in [0.717, 1.165) is 11.2 Å². The zero-order valence-corrected chi connectivity index (χ0v) is 21.1. The molecule has 2 heterocycles. The third-order valence-corrected chi connectivity index (χ3v) is 8.21. The number of hydrogen-bond donors (Lipinski definition) is 0. The molecule has 176 valence electrons. The molecule has 1 aliphatic heterocycles. The van der Waals surface area contributed by atoms with E-state index >= 15 is 0 Å². The molecule has 7 rings (SSSR count). The molecule has 36 heavy (non-hydrogen) atoms. The van der Waals surface area contributed by atoms with E-state index in [1.54, 1.807) is 0 Å². The second-order valence-electron chi connectivity index (χ2n) is 10.9. The van der Waals surface area contributed by atoms with Crippen LogP contribution in [0.3, 0.4) is 0 Å². The summed E-state index contributed by atoms with van der Waals surface area (Å²) < 4.78 is 15.1. The van der Waals surface area contributed by atoms with Crippen molar-refractivity contribution < 1.29 is 9.31 Å². The molecule has 6 aromatic rings. The highest BCUT2D eigenvalue weighted by molar-refractivity contribution is 6.62. The number of fused-ring (bicyclic) bond motifs is 6. The molecule has 0 amide bonds. The van der Waals surface area contributed by atoms with Crippen molar-refractivity contribution in [2.45, 2.75) is 38.9 Å². The van der Waals surface area contributed by atoms with E-state index in [-0.39, 0.29) is 18.3 Å². The van der Waals surface area contributed by atoms with Gasteiger partial charge in [-0.2, -0.15) is 0 Å². The number of para-hydroxylation sites is 1. The Kier molecular flexibility index (Phi) is 4.49. The van der Waals surface area contributed by atoms with Crippen LogP contribution in [0, 0.1) is 0 Å². The summed E-state index contributed by atoms with van der Waals surface area (Å²) in [4.78, 5) is 0. The fourth-order valence-corrected chi connectivity index (χ4v) is 5.52. The smallest absolute Gasteiger partial charge is 0.399 e. The van der Waals surface area contributed by atoms with Gasteiger partial charge in [-0.1, -0.05) is 72.8 Å². The van der Waals surface area contributed by atoms with Gasteiger partial charge in [-0.05, 0) is 79.0 Å². The summed E-state index contributed by atoms with van der Waals surface area (Å²) in [5, 5.41) is 7.49. The molecule has 0 spiro atoms. The lowest BCUT2D eigenvalue weighted by atomic mass is 9.78. The van der Waals surface area contributed by atoms with Crippen LogP contribution in [0.25, 0.3) is 49.0 Å². The molecule has 0 radical (unpaired) electrons. The molecule has 1 aromatic heterocycles. The van der Waals surface area contributed by atoms with Crippen molar-refractivity contribution in [2.75, 3.05) is 0 Å². The van der Waals surface area contributed by atoms with Crippen LogP contribution in [0.15, 0.2) is 97.1 Å². The number of nitrogens with zero attached hydrogens (tertiary/aromatic N) is 1. The lowest BCUT2D eigenvalue weighted by molar-refractivity contribution is 0.00578. The van der Waals surface area contributed by atoms with Crippen LogP contribution in [0.5, 0.6) is 0 Å². The number of benzene rings is 5. The Morgan fingerprint density at radius 2 is 1.17 bits per heavy atom. The van der Waals surface area contributed by atoms with E-state index in [0.29, 0.717) is 0 Å². The van der Waals surface area contributed by atoms with Crippen LogP contribution in [0.2, 0.25) is 0 Å². The zero-order valence-electron chi connectivity index (χ0n) is 21.1. The maximum atomic E-state index is 6.36. The van der Waals surface area contributed by atoms with E-state index < -0.39 is 0 Å². The lowest BCUT2D eigenvalue weighted by Crippen LogP contribution is -2.41. The molecule has 0 aliphatic carbocycles. The SMILES string of the molecule is CC1(C)OB(c2ccc3c(c2)c2ccccc2n3-c2ccc3ccc4ccccc4c3c2)OC1(C)C. The second kappa shape index (κ2) is 7.46. The van der Waals surface area contributed by atoms with E-state index in [2.05, 4.69) is 129 Å². The molecule has 3 nitrogen and oxygen atoms in total. The topological polar surface area (TPSA) is 23.4 Å². The van der Waals surface area contributed by atoms with Crippen LogP contribution >= 0.6 is 0 Å². The molecular formula is C32H28BNO2. The van der Waals surface area contributed by atoms with Crippen molar-refractivity contribution in [1.29, 1.82) is 0 Å². The van der Waals surface area contributed by atoms with E-state index in [1.165, 1.54) is 43.4 Å². The third kappa shape index (κ3) is 3.08. The summed E-state index contributed by atoms with van der Waals surface area (Å²) in [7, 11) is -0.381. The molecule has 1 fully saturated rings. The highest BCUT2D eigenvalue weighted by Gasteiger charge is 2.51. The van der Waals surface area contributed by atoms with Crippen LogP contribution in [-0.4, -0.2) is 22.9 Å². The van der Waals surface area contributed by atoms with E-state index in [4.69, 9.17) is 9.31 Å². The predicted molar refractivity (Wildman–Crippen MR) is 152 cm³/mol. The Morgan fingerprint density at radius 3 is 1.94 bits per heavy atom. The van der Waals surface area contributed by atoms with Gasteiger partial charge in [0.05, 0.1) is 22.2 Å². The Hall–Kier alpha value is -3.60. The number of aromatic nitrogens is 1. The van der Waals surface area contributed by atoms with Crippen molar-refractivity contribution in [3.8, 4) is 5.69 Å². The molecule has 1 saturated heterocycles. The first-order valence-electron chi connectivity index (χ1n) is 12.6. The third-order valence-electron chi connectivity index (χ3n) is 8.21. The maximum absolute atomic E-state index is 6.36. The molecule has 0 unspecified atom stereocenters. The Bertz CT molecular complexity index is 1800. The minimum absolute atomic E-state index is 0.367. The van der Waals surface area contributed by atoms with Gasteiger partial charge in [-0.25, -0.2) is 0 Å². The van der Waals surface area contributed by atoms with Crippen molar-refractivity contribution in [2.24, 2.45) is 0 Å². The Balaban J connectivity index is 1.45. The van der Waals surface area contributed by atoms with Crippen molar-refractivity contribution in [1.82, 2.24) is 4.57 Å². The van der Waals surface area contributed by atoms with Gasteiger partial charge in [0.25, 0.3) is 0 Å². The minimum atomic E-state index is -0.381. The molecule has 0 N–H and O–H groups in total. The summed E-state index contributed by atoms with van der Waals surface area (Å²) in [6.45, 7) is 8.39. The fourth-order valence-electron chi connectivity index (χ4n) is 5.52. The summed E-state index contributed by atoms with van der Waals surface area (Å²) in [6.07, 6.45) is 0. The van der Waals surface area contributed by atoms with Crippen LogP contribution < -0.4 is 5.46 Å². The predicted octanol–water partition coefficient (Wildman–Crippen LogP) is 7.39. The van der Waals surface area contributed by atoms with Gasteiger partial charge >= 0.3 is 7.12 Å². The van der Waals surface area contributed by atoms with Gasteiger partial charge in [0, 0.05) is 16.5 Å². The van der Waals surface area contributed by atoms with Gasteiger partial charge in [-0.15, -0.1) is 0 Å². The van der Waals surface area contributed by atoms with Crippen LogP contribution in [-0.2, 0) is 9.31 Å². The quantitative estimate of drug-likeness (QED) is 0.195. The molecular weight excluding hydrogens is 441 g/mol. The largest absolute Gasteiger partial charge is 0.494 e. The summed E-state index contributed by atoms with van der Waals surface area (Å²) in [5.74, 6) is 0. The molecule has 0 atom stereocenters. The zero-order chi connectivity index (χ0) is 24.7. The van der Waals surface area contributed by atoms with Crippen LogP contribution in [0.1, 0.15) is 27.7 Å². The first-order chi connectivity index (χ1) is 17.3. The molecule has 1 aliphatic rings.